The highest BCUT2D eigenvalue weighted by atomic mass is 16.5. The second-order valence-corrected chi connectivity index (χ2v) is 9.02. The number of carbonyl (C=O) groups is 2. The molecule has 1 saturated heterocycles. The van der Waals surface area contributed by atoms with Crippen LogP contribution in [0.3, 0.4) is 0 Å². The van der Waals surface area contributed by atoms with Crippen LogP contribution in [-0.4, -0.2) is 62.8 Å². The van der Waals surface area contributed by atoms with Crippen molar-refractivity contribution >= 4 is 17.6 Å². The van der Waals surface area contributed by atoms with Crippen LogP contribution in [0.15, 0.2) is 67.4 Å². The predicted molar refractivity (Wildman–Crippen MR) is 129 cm³/mol. The van der Waals surface area contributed by atoms with Crippen LogP contribution in [0.25, 0.3) is 0 Å². The average molecular weight is 477 g/mol. The Labute approximate surface area is 203 Å². The SMILES string of the molecule is C[C@@H](C(=O)Nc1ccc(Oc2cccnc2)cn1)N1CCN(C(=O)c2cc[n+]([O-])cc2)C(C)(C)C1. The molecule has 1 aliphatic heterocycles. The molecule has 2 amide bonds. The molecule has 1 fully saturated rings. The number of carbonyl (C=O) groups excluding carboxylic acids is 2. The van der Waals surface area contributed by atoms with Gasteiger partial charge in [0.15, 0.2) is 12.4 Å². The largest absolute Gasteiger partial charge is 0.619 e. The predicted octanol–water partition coefficient (Wildman–Crippen LogP) is 2.47. The van der Waals surface area contributed by atoms with Crippen molar-refractivity contribution in [2.45, 2.75) is 32.4 Å². The third-order valence-electron chi connectivity index (χ3n) is 6.01. The minimum Gasteiger partial charge on any atom is -0.619 e. The fraction of sp³-hybridized carbons (Fsp3) is 0.320. The Kier molecular flexibility index (Phi) is 6.92. The monoisotopic (exact) mass is 476 g/mol. The van der Waals surface area contributed by atoms with Gasteiger partial charge in [-0.05, 0) is 45.0 Å². The number of amides is 2. The average Bonchev–Trinajstić information content (AvgIpc) is 2.85. The van der Waals surface area contributed by atoms with E-state index in [-0.39, 0.29) is 11.8 Å². The van der Waals surface area contributed by atoms with Gasteiger partial charge in [0, 0.05) is 38.0 Å². The molecule has 3 aromatic heterocycles. The standard InChI is InChI=1S/C25H28N6O4/c1-18(23(32)28-22-7-6-21(16-27-22)35-20-5-4-10-26-15-20)29-13-14-31(25(2,3)17-29)24(33)19-8-11-30(34)12-9-19/h4-12,15-16,18H,13-14,17H2,1-3H3,(H,27,28,32)/t18-/m0/s1. The molecule has 0 aromatic carbocycles. The highest BCUT2D eigenvalue weighted by Gasteiger charge is 2.39. The van der Waals surface area contributed by atoms with E-state index in [1.165, 1.54) is 24.5 Å². The summed E-state index contributed by atoms with van der Waals surface area (Å²) in [5, 5.41) is 14.1. The first-order valence-electron chi connectivity index (χ1n) is 11.3. The van der Waals surface area contributed by atoms with Crippen molar-refractivity contribution in [3.8, 4) is 11.5 Å². The van der Waals surface area contributed by atoms with Crippen LogP contribution in [0.5, 0.6) is 11.5 Å². The Morgan fingerprint density at radius 3 is 2.49 bits per heavy atom. The molecule has 182 valence electrons. The van der Waals surface area contributed by atoms with Crippen molar-refractivity contribution < 1.29 is 19.1 Å². The molecule has 0 bridgehead atoms. The van der Waals surface area contributed by atoms with Crippen LogP contribution < -0.4 is 14.8 Å². The van der Waals surface area contributed by atoms with Crippen molar-refractivity contribution in [3.05, 3.63) is 78.2 Å². The van der Waals surface area contributed by atoms with Gasteiger partial charge in [0.25, 0.3) is 5.91 Å². The number of ether oxygens (including phenoxy) is 1. The Morgan fingerprint density at radius 2 is 1.86 bits per heavy atom. The lowest BCUT2D eigenvalue weighted by atomic mass is 9.96. The van der Waals surface area contributed by atoms with Crippen molar-refractivity contribution in [2.24, 2.45) is 0 Å². The van der Waals surface area contributed by atoms with E-state index in [1.807, 2.05) is 20.8 Å². The molecule has 4 rings (SSSR count). The second kappa shape index (κ2) is 10.1. The van der Waals surface area contributed by atoms with Crippen LogP contribution in [-0.2, 0) is 4.79 Å². The van der Waals surface area contributed by atoms with Gasteiger partial charge < -0.3 is 20.2 Å². The number of pyridine rings is 3. The molecule has 0 unspecified atom stereocenters. The highest BCUT2D eigenvalue weighted by molar-refractivity contribution is 5.95. The minimum atomic E-state index is -0.503. The van der Waals surface area contributed by atoms with E-state index in [0.717, 1.165) is 0 Å². The highest BCUT2D eigenvalue weighted by Crippen LogP contribution is 2.25. The van der Waals surface area contributed by atoms with E-state index in [9.17, 15) is 14.8 Å². The third-order valence-corrected chi connectivity index (χ3v) is 6.01. The Hall–Kier alpha value is -4.05. The lowest BCUT2D eigenvalue weighted by Crippen LogP contribution is -2.63. The van der Waals surface area contributed by atoms with Crippen LogP contribution in [0, 0.1) is 5.21 Å². The quantitative estimate of drug-likeness (QED) is 0.429. The topological polar surface area (TPSA) is 115 Å². The number of hydrogen-bond acceptors (Lipinski definition) is 7. The fourth-order valence-corrected chi connectivity index (χ4v) is 4.07. The molecule has 10 nitrogen and oxygen atoms in total. The van der Waals surface area contributed by atoms with Gasteiger partial charge in [-0.3, -0.25) is 19.5 Å². The van der Waals surface area contributed by atoms with Crippen molar-refractivity contribution in [1.29, 1.82) is 0 Å². The summed E-state index contributed by atoms with van der Waals surface area (Å²) in [6.07, 6.45) is 7.44. The van der Waals surface area contributed by atoms with Gasteiger partial charge >= 0.3 is 0 Å². The van der Waals surface area contributed by atoms with Gasteiger partial charge in [-0.1, -0.05) is 0 Å². The number of rotatable bonds is 6. The van der Waals surface area contributed by atoms with E-state index in [2.05, 4.69) is 20.2 Å². The molecule has 4 heterocycles. The summed E-state index contributed by atoms with van der Waals surface area (Å²) < 4.78 is 6.33. The van der Waals surface area contributed by atoms with Gasteiger partial charge in [0.1, 0.15) is 17.3 Å². The Bertz CT molecular complexity index is 1170. The Balaban J connectivity index is 1.34. The number of hydrogen-bond donors (Lipinski definition) is 1. The van der Waals surface area contributed by atoms with Gasteiger partial charge in [0.05, 0.1) is 29.5 Å². The zero-order valence-electron chi connectivity index (χ0n) is 19.9. The zero-order valence-corrected chi connectivity index (χ0v) is 19.9. The minimum absolute atomic E-state index is 0.134. The molecule has 1 N–H and O–H groups in total. The van der Waals surface area contributed by atoms with Gasteiger partial charge in [-0.15, -0.1) is 0 Å². The van der Waals surface area contributed by atoms with Crippen LogP contribution in [0.4, 0.5) is 5.82 Å². The summed E-state index contributed by atoms with van der Waals surface area (Å²) in [5.74, 6) is 1.24. The summed E-state index contributed by atoms with van der Waals surface area (Å²) in [5.41, 5.74) is -0.0390. The molecule has 3 aromatic rings. The molecule has 10 heteroatoms. The van der Waals surface area contributed by atoms with Crippen LogP contribution in [0.1, 0.15) is 31.1 Å². The van der Waals surface area contributed by atoms with Crippen molar-refractivity contribution in [2.75, 3.05) is 25.0 Å². The maximum Gasteiger partial charge on any atom is 0.254 e. The number of piperazine rings is 1. The number of nitrogens with one attached hydrogen (secondary N) is 1. The van der Waals surface area contributed by atoms with E-state index in [4.69, 9.17) is 4.74 Å². The smallest absolute Gasteiger partial charge is 0.254 e. The van der Waals surface area contributed by atoms with Crippen molar-refractivity contribution in [3.63, 3.8) is 0 Å². The molecule has 0 aliphatic carbocycles. The van der Waals surface area contributed by atoms with E-state index < -0.39 is 11.6 Å². The molecular weight excluding hydrogens is 448 g/mol. The van der Waals surface area contributed by atoms with E-state index >= 15 is 0 Å². The maximum atomic E-state index is 13.0. The number of anilines is 1. The van der Waals surface area contributed by atoms with Crippen LogP contribution in [0.2, 0.25) is 0 Å². The Morgan fingerprint density at radius 1 is 1.11 bits per heavy atom. The number of nitrogens with zero attached hydrogens (tertiary/aromatic N) is 5. The van der Waals surface area contributed by atoms with Crippen LogP contribution >= 0.6 is 0 Å². The van der Waals surface area contributed by atoms with Crippen molar-refractivity contribution in [1.82, 2.24) is 19.8 Å². The van der Waals surface area contributed by atoms with E-state index in [0.29, 0.717) is 47.2 Å². The molecule has 0 spiro atoms. The third kappa shape index (κ3) is 5.72. The summed E-state index contributed by atoms with van der Waals surface area (Å²) in [6.45, 7) is 7.32. The fourth-order valence-electron chi connectivity index (χ4n) is 4.07. The lowest BCUT2D eigenvalue weighted by molar-refractivity contribution is -0.605. The molecular formula is C25H28N6O4. The summed E-state index contributed by atoms with van der Waals surface area (Å²) in [7, 11) is 0. The normalized spacial score (nSPS) is 16.4. The first-order valence-corrected chi connectivity index (χ1v) is 11.3. The van der Waals surface area contributed by atoms with Gasteiger partial charge in [-0.2, -0.15) is 4.73 Å². The first kappa shape index (κ1) is 24.1. The lowest BCUT2D eigenvalue weighted by Gasteiger charge is -2.48. The molecule has 0 saturated carbocycles. The van der Waals surface area contributed by atoms with Gasteiger partial charge in [0.2, 0.25) is 5.91 Å². The van der Waals surface area contributed by atoms with Gasteiger partial charge in [-0.25, -0.2) is 4.98 Å². The molecule has 35 heavy (non-hydrogen) atoms. The summed E-state index contributed by atoms with van der Waals surface area (Å²) in [4.78, 5) is 38.1. The molecule has 0 radical (unpaired) electrons. The van der Waals surface area contributed by atoms with E-state index in [1.54, 1.807) is 47.8 Å². The summed E-state index contributed by atoms with van der Waals surface area (Å²) in [6, 6.07) is 9.60. The second-order valence-electron chi connectivity index (χ2n) is 9.02. The maximum absolute atomic E-state index is 13.0. The molecule has 1 atom stereocenters. The summed E-state index contributed by atoms with van der Waals surface area (Å²) >= 11 is 0. The number of aromatic nitrogens is 3. The molecule has 1 aliphatic rings. The zero-order chi connectivity index (χ0) is 25.0. The first-order chi connectivity index (χ1) is 16.7.